The van der Waals surface area contributed by atoms with Crippen LogP contribution in [0.3, 0.4) is 0 Å². The number of aliphatic imine (C=N–C) groups is 1. The Bertz CT molecular complexity index is 650. The lowest BCUT2D eigenvalue weighted by Crippen LogP contribution is -2.41. The summed E-state index contributed by atoms with van der Waals surface area (Å²) < 4.78 is 0. The van der Waals surface area contributed by atoms with Gasteiger partial charge in [-0.25, -0.2) is 4.98 Å². The van der Waals surface area contributed by atoms with Crippen LogP contribution in [0.5, 0.6) is 0 Å². The summed E-state index contributed by atoms with van der Waals surface area (Å²) in [6.45, 7) is 5.62. The van der Waals surface area contributed by atoms with Crippen LogP contribution >= 0.6 is 35.3 Å². The average molecular weight is 473 g/mol. The molecule has 138 valence electrons. The van der Waals surface area contributed by atoms with E-state index in [2.05, 4.69) is 70.8 Å². The molecule has 25 heavy (non-hydrogen) atoms. The van der Waals surface area contributed by atoms with Crippen LogP contribution in [-0.2, 0) is 6.54 Å². The standard InChI is InChI=1S/C18H27N5S.HI/c1-13-14(2)24-17(22-13)12-21-18(19-3)20-11-16(23(4)5)15-9-7-6-8-10-15;/h6-10,16H,11-12H2,1-5H3,(H2,19,20,21);1H. The molecule has 0 fully saturated rings. The molecule has 0 radical (unpaired) electrons. The van der Waals surface area contributed by atoms with Crippen LogP contribution in [0.15, 0.2) is 35.3 Å². The molecule has 0 aliphatic rings. The fourth-order valence-corrected chi connectivity index (χ4v) is 3.34. The van der Waals surface area contributed by atoms with Crippen molar-refractivity contribution < 1.29 is 0 Å². The lowest BCUT2D eigenvalue weighted by Gasteiger charge is -2.26. The van der Waals surface area contributed by atoms with Crippen molar-refractivity contribution in [3.05, 3.63) is 51.5 Å². The number of rotatable bonds is 6. The van der Waals surface area contributed by atoms with E-state index in [4.69, 9.17) is 0 Å². The van der Waals surface area contributed by atoms with Gasteiger partial charge in [0.15, 0.2) is 5.96 Å². The fourth-order valence-electron chi connectivity index (χ4n) is 2.46. The Morgan fingerprint density at radius 3 is 2.40 bits per heavy atom. The molecule has 1 aromatic carbocycles. The van der Waals surface area contributed by atoms with Crippen molar-refractivity contribution in [2.45, 2.75) is 26.4 Å². The van der Waals surface area contributed by atoms with E-state index >= 15 is 0 Å². The number of likely N-dealkylation sites (N-methyl/N-ethyl adjacent to an activating group) is 1. The van der Waals surface area contributed by atoms with Gasteiger partial charge in [0.25, 0.3) is 0 Å². The van der Waals surface area contributed by atoms with E-state index in [0.29, 0.717) is 6.54 Å². The van der Waals surface area contributed by atoms with Crippen molar-refractivity contribution in [1.29, 1.82) is 0 Å². The molecule has 5 nitrogen and oxygen atoms in total. The molecule has 2 rings (SSSR count). The van der Waals surface area contributed by atoms with Gasteiger partial charge >= 0.3 is 0 Å². The van der Waals surface area contributed by atoms with Crippen LogP contribution in [0.2, 0.25) is 0 Å². The first-order chi connectivity index (χ1) is 11.5. The van der Waals surface area contributed by atoms with Crippen molar-refractivity contribution >= 4 is 41.3 Å². The molecule has 7 heteroatoms. The summed E-state index contributed by atoms with van der Waals surface area (Å²) in [5.41, 5.74) is 2.40. The minimum absolute atomic E-state index is 0. The topological polar surface area (TPSA) is 52.6 Å². The predicted octanol–water partition coefficient (Wildman–Crippen LogP) is 3.35. The minimum atomic E-state index is 0. The number of aryl methyl sites for hydroxylation is 2. The molecular weight excluding hydrogens is 445 g/mol. The van der Waals surface area contributed by atoms with E-state index in [1.54, 1.807) is 18.4 Å². The molecule has 1 heterocycles. The Balaban J connectivity index is 0.00000312. The molecule has 0 saturated heterocycles. The van der Waals surface area contributed by atoms with Gasteiger partial charge in [-0.15, -0.1) is 35.3 Å². The Labute approximate surface area is 172 Å². The number of nitrogens with zero attached hydrogens (tertiary/aromatic N) is 3. The normalized spacial score (nSPS) is 12.6. The summed E-state index contributed by atoms with van der Waals surface area (Å²) in [4.78, 5) is 12.3. The van der Waals surface area contributed by atoms with Gasteiger partial charge in [-0.2, -0.15) is 0 Å². The lowest BCUT2D eigenvalue weighted by atomic mass is 10.1. The highest BCUT2D eigenvalue weighted by Crippen LogP contribution is 2.17. The highest BCUT2D eigenvalue weighted by molar-refractivity contribution is 14.0. The number of hydrogen-bond donors (Lipinski definition) is 2. The maximum absolute atomic E-state index is 4.55. The molecule has 2 aromatic rings. The van der Waals surface area contributed by atoms with Crippen molar-refractivity contribution in [1.82, 2.24) is 20.5 Å². The van der Waals surface area contributed by atoms with Crippen LogP contribution in [-0.4, -0.2) is 43.5 Å². The summed E-state index contributed by atoms with van der Waals surface area (Å²) in [7, 11) is 5.98. The molecule has 0 bridgehead atoms. The molecule has 1 aromatic heterocycles. The molecule has 0 aliphatic heterocycles. The second-order valence-electron chi connectivity index (χ2n) is 5.95. The zero-order chi connectivity index (χ0) is 17.5. The number of halogens is 1. The van der Waals surface area contributed by atoms with E-state index in [1.165, 1.54) is 10.4 Å². The molecule has 0 saturated carbocycles. The predicted molar refractivity (Wildman–Crippen MR) is 118 cm³/mol. The zero-order valence-corrected chi connectivity index (χ0v) is 18.7. The van der Waals surface area contributed by atoms with E-state index in [9.17, 15) is 0 Å². The molecule has 1 unspecified atom stereocenters. The van der Waals surface area contributed by atoms with Crippen LogP contribution in [0.25, 0.3) is 0 Å². The Hall–Kier alpha value is -1.19. The molecule has 1 atom stereocenters. The first-order valence-corrected chi connectivity index (χ1v) is 8.91. The highest BCUT2D eigenvalue weighted by atomic mass is 127. The van der Waals surface area contributed by atoms with E-state index < -0.39 is 0 Å². The molecule has 0 spiro atoms. The fraction of sp³-hybridized carbons (Fsp3) is 0.444. The highest BCUT2D eigenvalue weighted by Gasteiger charge is 2.14. The maximum Gasteiger partial charge on any atom is 0.191 e. The number of guanidine groups is 1. The van der Waals surface area contributed by atoms with Crippen LogP contribution in [0, 0.1) is 13.8 Å². The Kier molecular flexibility index (Phi) is 9.37. The number of thiazole rings is 1. The van der Waals surface area contributed by atoms with Gasteiger partial charge in [-0.1, -0.05) is 30.3 Å². The maximum atomic E-state index is 4.55. The van der Waals surface area contributed by atoms with Crippen LogP contribution < -0.4 is 10.6 Å². The molecular formula is C18H28IN5S. The van der Waals surface area contributed by atoms with Gasteiger partial charge in [0.2, 0.25) is 0 Å². The van der Waals surface area contributed by atoms with Crippen molar-refractivity contribution in [2.75, 3.05) is 27.7 Å². The molecule has 2 N–H and O–H groups in total. The minimum Gasteiger partial charge on any atom is -0.354 e. The number of aromatic nitrogens is 1. The summed E-state index contributed by atoms with van der Waals surface area (Å²) in [5, 5.41) is 7.84. The number of benzene rings is 1. The Morgan fingerprint density at radius 2 is 1.88 bits per heavy atom. The first-order valence-electron chi connectivity index (χ1n) is 8.10. The lowest BCUT2D eigenvalue weighted by molar-refractivity contribution is 0.298. The van der Waals surface area contributed by atoms with Crippen molar-refractivity contribution in [3.8, 4) is 0 Å². The quantitative estimate of drug-likeness (QED) is 0.384. The van der Waals surface area contributed by atoms with Gasteiger partial charge in [0.05, 0.1) is 18.3 Å². The largest absolute Gasteiger partial charge is 0.354 e. The smallest absolute Gasteiger partial charge is 0.191 e. The zero-order valence-electron chi connectivity index (χ0n) is 15.5. The van der Waals surface area contributed by atoms with Gasteiger partial charge in [-0.3, -0.25) is 4.99 Å². The number of nitrogens with one attached hydrogen (secondary N) is 2. The third-order valence-corrected chi connectivity index (χ3v) is 5.05. The monoisotopic (exact) mass is 473 g/mol. The third kappa shape index (κ3) is 6.56. The van der Waals surface area contributed by atoms with E-state index in [1.807, 2.05) is 13.0 Å². The molecule has 0 aliphatic carbocycles. The van der Waals surface area contributed by atoms with Crippen LogP contribution in [0.4, 0.5) is 0 Å². The van der Waals surface area contributed by atoms with Gasteiger partial charge in [0.1, 0.15) is 5.01 Å². The number of hydrogen-bond acceptors (Lipinski definition) is 4. The summed E-state index contributed by atoms with van der Waals surface area (Å²) in [6.07, 6.45) is 0. The summed E-state index contributed by atoms with van der Waals surface area (Å²) >= 11 is 1.73. The van der Waals surface area contributed by atoms with Gasteiger partial charge in [-0.05, 0) is 33.5 Å². The van der Waals surface area contributed by atoms with E-state index in [-0.39, 0.29) is 30.0 Å². The van der Waals surface area contributed by atoms with Crippen molar-refractivity contribution in [2.24, 2.45) is 4.99 Å². The summed E-state index contributed by atoms with van der Waals surface area (Å²) in [5.74, 6) is 0.795. The van der Waals surface area contributed by atoms with Gasteiger partial charge in [0, 0.05) is 18.5 Å². The SMILES string of the molecule is CN=C(NCc1nc(C)c(C)s1)NCC(c1ccccc1)N(C)C.I. The summed E-state index contributed by atoms with van der Waals surface area (Å²) in [6, 6.07) is 10.8. The first kappa shape index (κ1) is 21.9. The van der Waals surface area contributed by atoms with Gasteiger partial charge < -0.3 is 15.5 Å². The third-order valence-electron chi connectivity index (χ3n) is 3.97. The van der Waals surface area contributed by atoms with E-state index in [0.717, 1.165) is 23.2 Å². The van der Waals surface area contributed by atoms with Crippen molar-refractivity contribution in [3.63, 3.8) is 0 Å². The second-order valence-corrected chi connectivity index (χ2v) is 7.23. The second kappa shape index (κ2) is 10.7. The average Bonchev–Trinajstić information content (AvgIpc) is 2.89. The molecule has 0 amide bonds. The van der Waals surface area contributed by atoms with Crippen LogP contribution in [0.1, 0.15) is 27.2 Å². The Morgan fingerprint density at radius 1 is 1.20 bits per heavy atom.